The van der Waals surface area contributed by atoms with Gasteiger partial charge in [-0.05, 0) is 34.0 Å². The van der Waals surface area contributed by atoms with Crippen molar-refractivity contribution >= 4 is 21.8 Å². The number of H-pyrrole nitrogens is 1. The van der Waals surface area contributed by atoms with Gasteiger partial charge in [0.05, 0.1) is 10.0 Å². The molecule has 1 heterocycles. The van der Waals surface area contributed by atoms with Gasteiger partial charge in [0.15, 0.2) is 0 Å². The summed E-state index contributed by atoms with van der Waals surface area (Å²) in [6, 6.07) is 11.9. The zero-order valence-electron chi connectivity index (χ0n) is 10.6. The van der Waals surface area contributed by atoms with Crippen LogP contribution in [-0.4, -0.2) is 16.9 Å². The monoisotopic (exact) mass is 332 g/mol. The van der Waals surface area contributed by atoms with E-state index in [1.54, 1.807) is 0 Å². The molecule has 2 aromatic rings. The third-order valence-electron chi connectivity index (χ3n) is 3.45. The minimum absolute atomic E-state index is 0.162. The summed E-state index contributed by atoms with van der Waals surface area (Å²) in [5, 5.41) is 2.98. The Bertz CT molecular complexity index is 697. The Labute approximate surface area is 124 Å². The summed E-state index contributed by atoms with van der Waals surface area (Å²) < 4.78 is 0.362. The van der Waals surface area contributed by atoms with E-state index in [-0.39, 0.29) is 17.5 Å². The first-order chi connectivity index (χ1) is 9.65. The van der Waals surface area contributed by atoms with Gasteiger partial charge in [0.25, 0.3) is 11.5 Å². The molecular formula is C15H13BrN2O2. The molecule has 1 aliphatic carbocycles. The number of rotatable bonds is 3. The number of carbonyl (C=O) groups excluding carboxylic acids is 1. The Hall–Kier alpha value is -1.88. The van der Waals surface area contributed by atoms with Crippen molar-refractivity contribution in [2.24, 2.45) is 0 Å². The molecule has 0 spiro atoms. The van der Waals surface area contributed by atoms with Crippen LogP contribution < -0.4 is 10.9 Å². The number of pyridine rings is 1. The lowest BCUT2D eigenvalue weighted by Crippen LogP contribution is -2.27. The number of benzene rings is 1. The van der Waals surface area contributed by atoms with Crippen LogP contribution in [0.15, 0.2) is 51.9 Å². The molecule has 2 atom stereocenters. The summed E-state index contributed by atoms with van der Waals surface area (Å²) in [7, 11) is 0. The summed E-state index contributed by atoms with van der Waals surface area (Å²) >= 11 is 3.12. The van der Waals surface area contributed by atoms with E-state index in [0.29, 0.717) is 16.0 Å². The fourth-order valence-electron chi connectivity index (χ4n) is 2.26. The first-order valence-corrected chi connectivity index (χ1v) is 7.18. The van der Waals surface area contributed by atoms with Crippen LogP contribution in [0.2, 0.25) is 0 Å². The van der Waals surface area contributed by atoms with E-state index in [2.05, 4.69) is 38.4 Å². The molecule has 5 heteroatoms. The van der Waals surface area contributed by atoms with Crippen molar-refractivity contribution in [3.8, 4) is 0 Å². The maximum absolute atomic E-state index is 12.1. The molecule has 0 aliphatic heterocycles. The highest BCUT2D eigenvalue weighted by atomic mass is 79.9. The number of carbonyl (C=O) groups is 1. The fourth-order valence-corrected chi connectivity index (χ4v) is 2.62. The number of amides is 1. The average Bonchev–Trinajstić information content (AvgIpc) is 3.22. The zero-order valence-corrected chi connectivity index (χ0v) is 12.2. The molecule has 0 radical (unpaired) electrons. The summed E-state index contributed by atoms with van der Waals surface area (Å²) in [4.78, 5) is 25.8. The normalized spacial score (nSPS) is 20.4. The van der Waals surface area contributed by atoms with Crippen LogP contribution in [0.25, 0.3) is 0 Å². The Balaban J connectivity index is 1.66. The average molecular weight is 333 g/mol. The van der Waals surface area contributed by atoms with Gasteiger partial charge in [0.2, 0.25) is 0 Å². The Morgan fingerprint density at radius 1 is 1.30 bits per heavy atom. The largest absolute Gasteiger partial charge is 0.349 e. The number of nitrogens with one attached hydrogen (secondary N) is 2. The summed E-state index contributed by atoms with van der Waals surface area (Å²) in [6.07, 6.45) is 2.39. The third-order valence-corrected chi connectivity index (χ3v) is 4.04. The lowest BCUT2D eigenvalue weighted by atomic mass is 10.1. The molecular weight excluding hydrogens is 320 g/mol. The second kappa shape index (κ2) is 5.25. The van der Waals surface area contributed by atoms with Crippen LogP contribution in [0.4, 0.5) is 0 Å². The highest BCUT2D eigenvalue weighted by molar-refractivity contribution is 9.10. The van der Waals surface area contributed by atoms with Crippen LogP contribution in [0, 0.1) is 0 Å². The van der Waals surface area contributed by atoms with Gasteiger partial charge in [-0.1, -0.05) is 30.3 Å². The van der Waals surface area contributed by atoms with Crippen molar-refractivity contribution in [1.82, 2.24) is 10.3 Å². The van der Waals surface area contributed by atoms with Gasteiger partial charge in [0.1, 0.15) is 0 Å². The van der Waals surface area contributed by atoms with Gasteiger partial charge < -0.3 is 10.3 Å². The smallest absolute Gasteiger partial charge is 0.262 e. The minimum atomic E-state index is -0.241. The third kappa shape index (κ3) is 2.67. The maximum atomic E-state index is 12.1. The second-order valence-corrected chi connectivity index (χ2v) is 5.75. The van der Waals surface area contributed by atoms with Gasteiger partial charge >= 0.3 is 0 Å². The Morgan fingerprint density at radius 3 is 2.75 bits per heavy atom. The van der Waals surface area contributed by atoms with Crippen LogP contribution >= 0.6 is 15.9 Å². The predicted molar refractivity (Wildman–Crippen MR) is 79.8 cm³/mol. The van der Waals surface area contributed by atoms with Crippen molar-refractivity contribution in [1.29, 1.82) is 0 Å². The highest BCUT2D eigenvalue weighted by Crippen LogP contribution is 2.40. The van der Waals surface area contributed by atoms with Gasteiger partial charge in [-0.15, -0.1) is 0 Å². The summed E-state index contributed by atoms with van der Waals surface area (Å²) in [5.41, 5.74) is 1.46. The van der Waals surface area contributed by atoms with Crippen molar-refractivity contribution in [3.63, 3.8) is 0 Å². The molecule has 1 aromatic heterocycles. The summed E-state index contributed by atoms with van der Waals surface area (Å²) in [5.74, 6) is 0.233. The molecule has 2 N–H and O–H groups in total. The fraction of sp³-hybridized carbons (Fsp3) is 0.200. The molecule has 102 valence electrons. The number of hydrogen-bond donors (Lipinski definition) is 2. The van der Waals surface area contributed by atoms with E-state index in [1.807, 2.05) is 18.2 Å². The Morgan fingerprint density at radius 2 is 2.05 bits per heavy atom. The molecule has 0 bridgehead atoms. The maximum Gasteiger partial charge on any atom is 0.262 e. The van der Waals surface area contributed by atoms with Crippen LogP contribution in [0.1, 0.15) is 28.3 Å². The molecule has 20 heavy (non-hydrogen) atoms. The highest BCUT2D eigenvalue weighted by Gasteiger charge is 2.39. The van der Waals surface area contributed by atoms with Gasteiger partial charge in [-0.3, -0.25) is 9.59 Å². The Kier molecular flexibility index (Phi) is 3.44. The molecule has 3 rings (SSSR count). The number of aromatic amines is 1. The zero-order chi connectivity index (χ0) is 14.1. The van der Waals surface area contributed by atoms with E-state index in [4.69, 9.17) is 0 Å². The molecule has 4 nitrogen and oxygen atoms in total. The van der Waals surface area contributed by atoms with Gasteiger partial charge in [-0.25, -0.2) is 0 Å². The molecule has 1 saturated carbocycles. The SMILES string of the molecule is O=C(N[C@H]1C[C@@H]1c1ccccc1)c1c[nH]c(=O)c(Br)c1. The quantitative estimate of drug-likeness (QED) is 0.906. The van der Waals surface area contributed by atoms with Crippen molar-refractivity contribution in [2.45, 2.75) is 18.4 Å². The lowest BCUT2D eigenvalue weighted by molar-refractivity contribution is 0.0950. The van der Waals surface area contributed by atoms with Gasteiger partial charge in [0, 0.05) is 18.2 Å². The number of hydrogen-bond acceptors (Lipinski definition) is 2. The number of aromatic nitrogens is 1. The van der Waals surface area contributed by atoms with Crippen LogP contribution in [0.3, 0.4) is 0 Å². The first kappa shape index (κ1) is 13.1. The summed E-state index contributed by atoms with van der Waals surface area (Å²) in [6.45, 7) is 0. The van der Waals surface area contributed by atoms with Crippen molar-refractivity contribution < 1.29 is 4.79 Å². The van der Waals surface area contributed by atoms with Crippen molar-refractivity contribution in [3.05, 3.63) is 68.5 Å². The number of halogens is 1. The van der Waals surface area contributed by atoms with E-state index < -0.39 is 0 Å². The predicted octanol–water partition coefficient (Wildman–Crippen LogP) is 2.42. The molecule has 0 unspecified atom stereocenters. The molecule has 1 amide bonds. The molecule has 1 fully saturated rings. The topological polar surface area (TPSA) is 62.0 Å². The lowest BCUT2D eigenvalue weighted by Gasteiger charge is -2.05. The second-order valence-electron chi connectivity index (χ2n) is 4.90. The van der Waals surface area contributed by atoms with E-state index in [0.717, 1.165) is 6.42 Å². The standard InChI is InChI=1S/C15H13BrN2O2/c16-12-6-10(8-17-15(12)20)14(19)18-13-7-11(13)9-4-2-1-3-5-9/h1-6,8,11,13H,7H2,(H,17,20)(H,18,19)/t11-,13+/m1/s1. The molecule has 1 aliphatic rings. The van der Waals surface area contributed by atoms with E-state index >= 15 is 0 Å². The molecule has 1 aromatic carbocycles. The minimum Gasteiger partial charge on any atom is -0.349 e. The first-order valence-electron chi connectivity index (χ1n) is 6.39. The van der Waals surface area contributed by atoms with Crippen LogP contribution in [0.5, 0.6) is 0 Å². The van der Waals surface area contributed by atoms with E-state index in [1.165, 1.54) is 17.8 Å². The van der Waals surface area contributed by atoms with E-state index in [9.17, 15) is 9.59 Å². The van der Waals surface area contributed by atoms with Crippen LogP contribution in [-0.2, 0) is 0 Å². The van der Waals surface area contributed by atoms with Crippen molar-refractivity contribution in [2.75, 3.05) is 0 Å². The van der Waals surface area contributed by atoms with Gasteiger partial charge in [-0.2, -0.15) is 0 Å². The molecule has 0 saturated heterocycles.